The molecule has 0 aromatic heterocycles. The molecule has 21 heavy (non-hydrogen) atoms. The summed E-state index contributed by atoms with van der Waals surface area (Å²) in [5, 5.41) is 0. The number of hydrogen-bond donors (Lipinski definition) is 0. The molecule has 0 fully saturated rings. The van der Waals surface area contributed by atoms with Crippen LogP contribution in [0, 0.1) is 6.92 Å². The van der Waals surface area contributed by atoms with Gasteiger partial charge in [0.05, 0.1) is 6.61 Å². The third-order valence-corrected chi connectivity index (χ3v) is 3.33. The van der Waals surface area contributed by atoms with Gasteiger partial charge in [-0.2, -0.15) is 0 Å². The number of carbonyl (C=O) groups excluding carboxylic acids is 1. The standard InChI is InChI=1S/C18H21NO2/c1-15-7-6-10-17(13-15)18(20)19(11-12-21-2)14-16-8-4-3-5-9-16/h3-10,13H,11-12,14H2,1-2H3. The van der Waals surface area contributed by atoms with Gasteiger partial charge in [-0.15, -0.1) is 0 Å². The van der Waals surface area contributed by atoms with Gasteiger partial charge in [0.15, 0.2) is 0 Å². The van der Waals surface area contributed by atoms with Gasteiger partial charge >= 0.3 is 0 Å². The van der Waals surface area contributed by atoms with Gasteiger partial charge in [0.1, 0.15) is 0 Å². The molecule has 2 rings (SSSR count). The summed E-state index contributed by atoms with van der Waals surface area (Å²) in [4.78, 5) is 14.5. The van der Waals surface area contributed by atoms with Gasteiger partial charge in [-0.3, -0.25) is 4.79 Å². The van der Waals surface area contributed by atoms with E-state index in [0.717, 1.165) is 16.7 Å². The topological polar surface area (TPSA) is 29.5 Å². The molecular formula is C18H21NO2. The number of carbonyl (C=O) groups is 1. The molecule has 0 aliphatic carbocycles. The summed E-state index contributed by atoms with van der Waals surface area (Å²) in [6.45, 7) is 3.70. The lowest BCUT2D eigenvalue weighted by Gasteiger charge is -2.23. The Bertz CT molecular complexity index is 581. The van der Waals surface area contributed by atoms with Crippen molar-refractivity contribution < 1.29 is 9.53 Å². The third kappa shape index (κ3) is 4.43. The summed E-state index contributed by atoms with van der Waals surface area (Å²) in [6, 6.07) is 17.7. The summed E-state index contributed by atoms with van der Waals surface area (Å²) in [7, 11) is 1.65. The van der Waals surface area contributed by atoms with E-state index in [9.17, 15) is 4.79 Å². The molecule has 3 heteroatoms. The lowest BCUT2D eigenvalue weighted by molar-refractivity contribution is 0.0680. The fourth-order valence-electron chi connectivity index (χ4n) is 2.22. The van der Waals surface area contributed by atoms with Crippen LogP contribution in [0.25, 0.3) is 0 Å². The largest absolute Gasteiger partial charge is 0.383 e. The molecule has 0 bridgehead atoms. The predicted molar refractivity (Wildman–Crippen MR) is 84.2 cm³/mol. The first-order valence-corrected chi connectivity index (χ1v) is 7.09. The normalized spacial score (nSPS) is 10.4. The minimum absolute atomic E-state index is 0.0413. The van der Waals surface area contributed by atoms with Crippen molar-refractivity contribution in [1.29, 1.82) is 0 Å². The van der Waals surface area contributed by atoms with Crippen molar-refractivity contribution in [3.05, 3.63) is 71.3 Å². The maximum atomic E-state index is 12.7. The summed E-state index contributed by atoms with van der Waals surface area (Å²) in [6.07, 6.45) is 0. The van der Waals surface area contributed by atoms with Crippen LogP contribution in [-0.2, 0) is 11.3 Å². The monoisotopic (exact) mass is 283 g/mol. The Hall–Kier alpha value is -2.13. The van der Waals surface area contributed by atoms with Crippen LogP contribution in [-0.4, -0.2) is 31.1 Å². The zero-order valence-electron chi connectivity index (χ0n) is 12.6. The minimum Gasteiger partial charge on any atom is -0.383 e. The maximum Gasteiger partial charge on any atom is 0.254 e. The van der Waals surface area contributed by atoms with E-state index < -0.39 is 0 Å². The molecule has 0 radical (unpaired) electrons. The van der Waals surface area contributed by atoms with E-state index in [1.807, 2.05) is 66.4 Å². The molecule has 0 saturated carbocycles. The SMILES string of the molecule is COCCN(Cc1ccccc1)C(=O)c1cccc(C)c1. The maximum absolute atomic E-state index is 12.7. The second-order valence-electron chi connectivity index (χ2n) is 5.07. The lowest BCUT2D eigenvalue weighted by Crippen LogP contribution is -2.33. The van der Waals surface area contributed by atoms with E-state index in [1.54, 1.807) is 7.11 Å². The fraction of sp³-hybridized carbons (Fsp3) is 0.278. The van der Waals surface area contributed by atoms with Crippen molar-refractivity contribution in [3.63, 3.8) is 0 Å². The number of hydrogen-bond acceptors (Lipinski definition) is 2. The first-order chi connectivity index (χ1) is 10.2. The third-order valence-electron chi connectivity index (χ3n) is 3.33. The van der Waals surface area contributed by atoms with Crippen LogP contribution >= 0.6 is 0 Å². The summed E-state index contributed by atoms with van der Waals surface area (Å²) in [5.41, 5.74) is 2.93. The second kappa shape index (κ2) is 7.60. The van der Waals surface area contributed by atoms with Crippen molar-refractivity contribution in [1.82, 2.24) is 4.90 Å². The van der Waals surface area contributed by atoms with Crippen molar-refractivity contribution in [2.45, 2.75) is 13.5 Å². The van der Waals surface area contributed by atoms with E-state index >= 15 is 0 Å². The average molecular weight is 283 g/mol. The number of benzene rings is 2. The van der Waals surface area contributed by atoms with Crippen molar-refractivity contribution in [2.75, 3.05) is 20.3 Å². The van der Waals surface area contributed by atoms with E-state index in [4.69, 9.17) is 4.74 Å². The molecule has 0 spiro atoms. The highest BCUT2D eigenvalue weighted by molar-refractivity contribution is 5.94. The molecule has 1 amide bonds. The zero-order valence-corrected chi connectivity index (χ0v) is 12.6. The van der Waals surface area contributed by atoms with Gasteiger partial charge in [-0.05, 0) is 24.6 Å². The zero-order chi connectivity index (χ0) is 15.1. The molecule has 0 heterocycles. The van der Waals surface area contributed by atoms with E-state index in [-0.39, 0.29) is 5.91 Å². The van der Waals surface area contributed by atoms with Gasteiger partial charge in [0.2, 0.25) is 0 Å². The van der Waals surface area contributed by atoms with Crippen LogP contribution < -0.4 is 0 Å². The van der Waals surface area contributed by atoms with Crippen molar-refractivity contribution in [3.8, 4) is 0 Å². The number of amides is 1. The molecule has 0 unspecified atom stereocenters. The van der Waals surface area contributed by atoms with E-state index in [0.29, 0.717) is 19.7 Å². The van der Waals surface area contributed by atoms with Crippen molar-refractivity contribution in [2.24, 2.45) is 0 Å². The molecular weight excluding hydrogens is 262 g/mol. The molecule has 0 atom stereocenters. The van der Waals surface area contributed by atoms with Crippen LogP contribution in [0.1, 0.15) is 21.5 Å². The van der Waals surface area contributed by atoms with Crippen LogP contribution in [0.15, 0.2) is 54.6 Å². The Morgan fingerprint density at radius 3 is 2.52 bits per heavy atom. The Kier molecular flexibility index (Phi) is 5.52. The number of rotatable bonds is 6. The quantitative estimate of drug-likeness (QED) is 0.814. The smallest absolute Gasteiger partial charge is 0.254 e. The molecule has 0 N–H and O–H groups in total. The molecule has 0 aliphatic rings. The Labute approximate surface area is 126 Å². The van der Waals surface area contributed by atoms with Crippen LogP contribution in [0.2, 0.25) is 0 Å². The number of nitrogens with zero attached hydrogens (tertiary/aromatic N) is 1. The first kappa shape index (κ1) is 15.3. The minimum atomic E-state index is 0.0413. The number of aryl methyl sites for hydroxylation is 1. The Balaban J connectivity index is 2.17. The van der Waals surface area contributed by atoms with E-state index in [1.165, 1.54) is 0 Å². The second-order valence-corrected chi connectivity index (χ2v) is 5.07. The molecule has 0 aliphatic heterocycles. The molecule has 2 aromatic carbocycles. The lowest BCUT2D eigenvalue weighted by atomic mass is 10.1. The van der Waals surface area contributed by atoms with Crippen LogP contribution in [0.5, 0.6) is 0 Å². The molecule has 2 aromatic rings. The van der Waals surface area contributed by atoms with Gasteiger partial charge in [-0.25, -0.2) is 0 Å². The van der Waals surface area contributed by atoms with Gasteiger partial charge < -0.3 is 9.64 Å². The number of ether oxygens (including phenoxy) is 1. The summed E-state index contributed by atoms with van der Waals surface area (Å²) < 4.78 is 5.13. The average Bonchev–Trinajstić information content (AvgIpc) is 2.51. The highest BCUT2D eigenvalue weighted by Gasteiger charge is 2.15. The summed E-state index contributed by atoms with van der Waals surface area (Å²) >= 11 is 0. The van der Waals surface area contributed by atoms with Crippen LogP contribution in [0.4, 0.5) is 0 Å². The van der Waals surface area contributed by atoms with E-state index in [2.05, 4.69) is 0 Å². The van der Waals surface area contributed by atoms with Gasteiger partial charge in [0, 0.05) is 25.8 Å². The number of methoxy groups -OCH3 is 1. The highest BCUT2D eigenvalue weighted by Crippen LogP contribution is 2.11. The highest BCUT2D eigenvalue weighted by atomic mass is 16.5. The molecule has 110 valence electrons. The van der Waals surface area contributed by atoms with Crippen LogP contribution in [0.3, 0.4) is 0 Å². The molecule has 3 nitrogen and oxygen atoms in total. The van der Waals surface area contributed by atoms with Crippen molar-refractivity contribution >= 4 is 5.91 Å². The Morgan fingerprint density at radius 1 is 1.10 bits per heavy atom. The van der Waals surface area contributed by atoms with Gasteiger partial charge in [-0.1, -0.05) is 48.0 Å². The Morgan fingerprint density at radius 2 is 1.86 bits per heavy atom. The predicted octanol–water partition coefficient (Wildman–Crippen LogP) is 3.28. The fourth-order valence-corrected chi connectivity index (χ4v) is 2.22. The first-order valence-electron chi connectivity index (χ1n) is 7.09. The summed E-state index contributed by atoms with van der Waals surface area (Å²) in [5.74, 6) is 0.0413. The molecule has 0 saturated heterocycles. The van der Waals surface area contributed by atoms with Gasteiger partial charge in [0.25, 0.3) is 5.91 Å².